The normalized spacial score (nSPS) is 21.6. The summed E-state index contributed by atoms with van der Waals surface area (Å²) in [5.74, 6) is 0.118. The molecule has 0 aromatic rings. The van der Waals surface area contributed by atoms with Crippen LogP contribution >= 0.6 is 12.4 Å². The number of likely N-dealkylation sites (tertiary alicyclic amines) is 2. The zero-order valence-electron chi connectivity index (χ0n) is 13.8. The molecule has 2 saturated heterocycles. The molecule has 130 valence electrons. The van der Waals surface area contributed by atoms with Gasteiger partial charge in [0.05, 0.1) is 18.8 Å². The molecule has 2 fully saturated rings. The molecule has 0 aromatic carbocycles. The van der Waals surface area contributed by atoms with Crippen molar-refractivity contribution in [3.05, 3.63) is 0 Å². The maximum atomic E-state index is 12.1. The van der Waals surface area contributed by atoms with Gasteiger partial charge in [0.15, 0.2) is 0 Å². The van der Waals surface area contributed by atoms with Gasteiger partial charge in [-0.25, -0.2) is 0 Å². The van der Waals surface area contributed by atoms with Crippen LogP contribution < -0.4 is 5.73 Å². The van der Waals surface area contributed by atoms with Gasteiger partial charge in [-0.1, -0.05) is 13.3 Å². The van der Waals surface area contributed by atoms with Gasteiger partial charge in [-0.05, 0) is 45.2 Å². The Morgan fingerprint density at radius 2 is 1.86 bits per heavy atom. The van der Waals surface area contributed by atoms with Crippen LogP contribution in [0.15, 0.2) is 0 Å². The first kappa shape index (κ1) is 19.7. The maximum Gasteiger partial charge on any atom is 0.239 e. The number of carbonyl (C=O) groups excluding carboxylic acids is 1. The smallest absolute Gasteiger partial charge is 0.239 e. The van der Waals surface area contributed by atoms with Crippen molar-refractivity contribution in [1.29, 1.82) is 0 Å². The van der Waals surface area contributed by atoms with Crippen molar-refractivity contribution in [3.8, 4) is 0 Å². The van der Waals surface area contributed by atoms with Crippen LogP contribution in [0, 0.1) is 0 Å². The lowest BCUT2D eigenvalue weighted by atomic mass is 10.1. The zero-order valence-corrected chi connectivity index (χ0v) is 14.7. The van der Waals surface area contributed by atoms with Gasteiger partial charge >= 0.3 is 0 Å². The number of hydrogen-bond acceptors (Lipinski definition) is 4. The Morgan fingerprint density at radius 1 is 1.23 bits per heavy atom. The van der Waals surface area contributed by atoms with Crippen molar-refractivity contribution in [3.63, 3.8) is 0 Å². The van der Waals surface area contributed by atoms with Gasteiger partial charge in [0.2, 0.25) is 5.91 Å². The standard InChI is InChI=1S/C16H31N3O2.ClH/c1-2-5-15(17)16(20)19-10-6-14(7-11-19)21-13-12-18-8-3-4-9-18;/h14-15H,2-13,17H2,1H3;1H. The highest BCUT2D eigenvalue weighted by atomic mass is 35.5. The number of nitrogens with two attached hydrogens (primary N) is 1. The van der Waals surface area contributed by atoms with Crippen LogP contribution in [0.1, 0.15) is 45.4 Å². The summed E-state index contributed by atoms with van der Waals surface area (Å²) in [4.78, 5) is 16.5. The average molecular weight is 334 g/mol. The van der Waals surface area contributed by atoms with E-state index in [9.17, 15) is 4.79 Å². The van der Waals surface area contributed by atoms with Gasteiger partial charge in [0, 0.05) is 19.6 Å². The number of hydrogen-bond donors (Lipinski definition) is 1. The minimum Gasteiger partial charge on any atom is -0.377 e. The van der Waals surface area contributed by atoms with E-state index in [1.807, 2.05) is 4.90 Å². The van der Waals surface area contributed by atoms with Crippen molar-refractivity contribution in [2.45, 2.75) is 57.6 Å². The summed E-state index contributed by atoms with van der Waals surface area (Å²) in [5.41, 5.74) is 5.92. The van der Waals surface area contributed by atoms with Crippen LogP contribution in [0.2, 0.25) is 0 Å². The van der Waals surface area contributed by atoms with Gasteiger partial charge in [0.1, 0.15) is 0 Å². The highest BCUT2D eigenvalue weighted by Gasteiger charge is 2.26. The molecule has 0 bridgehead atoms. The molecule has 0 spiro atoms. The monoisotopic (exact) mass is 333 g/mol. The zero-order chi connectivity index (χ0) is 15.1. The summed E-state index contributed by atoms with van der Waals surface area (Å²) in [5, 5.41) is 0. The Balaban J connectivity index is 0.00000242. The predicted molar refractivity (Wildman–Crippen MR) is 91.4 cm³/mol. The van der Waals surface area contributed by atoms with E-state index in [0.717, 1.165) is 51.9 Å². The molecule has 1 atom stereocenters. The number of rotatable bonds is 7. The minimum absolute atomic E-state index is 0. The minimum atomic E-state index is -0.317. The Labute approximate surface area is 140 Å². The van der Waals surface area contributed by atoms with E-state index in [0.29, 0.717) is 6.10 Å². The molecule has 1 unspecified atom stereocenters. The van der Waals surface area contributed by atoms with E-state index >= 15 is 0 Å². The molecule has 2 aliphatic rings. The first-order valence-electron chi connectivity index (χ1n) is 8.59. The fourth-order valence-corrected chi connectivity index (χ4v) is 3.27. The van der Waals surface area contributed by atoms with Crippen LogP contribution in [-0.4, -0.2) is 67.2 Å². The summed E-state index contributed by atoms with van der Waals surface area (Å²) in [6.07, 6.45) is 6.62. The summed E-state index contributed by atoms with van der Waals surface area (Å²) in [6, 6.07) is -0.317. The molecule has 1 amide bonds. The number of ether oxygens (including phenoxy) is 1. The van der Waals surface area contributed by atoms with Crippen LogP contribution in [0.5, 0.6) is 0 Å². The lowest BCUT2D eigenvalue weighted by Gasteiger charge is -2.33. The highest BCUT2D eigenvalue weighted by Crippen LogP contribution is 2.15. The van der Waals surface area contributed by atoms with E-state index in [1.165, 1.54) is 25.9 Å². The number of amides is 1. The van der Waals surface area contributed by atoms with Crippen molar-refractivity contribution >= 4 is 18.3 Å². The quantitative estimate of drug-likeness (QED) is 0.769. The van der Waals surface area contributed by atoms with Gasteiger partial charge in [-0.2, -0.15) is 0 Å². The third kappa shape index (κ3) is 6.03. The second kappa shape index (κ2) is 10.4. The SMILES string of the molecule is CCCC(N)C(=O)N1CCC(OCCN2CCCC2)CC1.Cl. The molecular weight excluding hydrogens is 302 g/mol. The molecule has 0 saturated carbocycles. The van der Waals surface area contributed by atoms with Crippen LogP contribution in [0.25, 0.3) is 0 Å². The van der Waals surface area contributed by atoms with Crippen molar-refractivity contribution in [1.82, 2.24) is 9.80 Å². The first-order valence-corrected chi connectivity index (χ1v) is 8.59. The van der Waals surface area contributed by atoms with Crippen LogP contribution in [0.3, 0.4) is 0 Å². The van der Waals surface area contributed by atoms with Crippen molar-refractivity contribution in [2.24, 2.45) is 5.73 Å². The summed E-state index contributed by atoms with van der Waals surface area (Å²) in [6.45, 7) is 7.99. The number of nitrogens with zero attached hydrogens (tertiary/aromatic N) is 2. The topological polar surface area (TPSA) is 58.8 Å². The molecule has 2 heterocycles. The predicted octanol–water partition coefficient (Wildman–Crippen LogP) is 1.64. The molecule has 5 nitrogen and oxygen atoms in total. The largest absolute Gasteiger partial charge is 0.377 e. The second-order valence-electron chi connectivity index (χ2n) is 6.34. The highest BCUT2D eigenvalue weighted by molar-refractivity contribution is 5.85. The molecule has 2 N–H and O–H groups in total. The van der Waals surface area contributed by atoms with Crippen LogP contribution in [-0.2, 0) is 9.53 Å². The van der Waals surface area contributed by atoms with Crippen molar-refractivity contribution in [2.75, 3.05) is 39.3 Å². The Hall–Kier alpha value is -0.360. The third-order valence-corrected chi connectivity index (χ3v) is 4.63. The van der Waals surface area contributed by atoms with Gasteiger partial charge in [-0.15, -0.1) is 12.4 Å². The van der Waals surface area contributed by atoms with Gasteiger partial charge < -0.3 is 20.3 Å². The second-order valence-corrected chi connectivity index (χ2v) is 6.34. The Morgan fingerprint density at radius 3 is 2.45 bits per heavy atom. The fourth-order valence-electron chi connectivity index (χ4n) is 3.27. The molecule has 2 aliphatic heterocycles. The van der Waals surface area contributed by atoms with Gasteiger partial charge in [0.25, 0.3) is 0 Å². The lowest BCUT2D eigenvalue weighted by Crippen LogP contribution is -2.48. The van der Waals surface area contributed by atoms with E-state index in [4.69, 9.17) is 10.5 Å². The molecule has 2 rings (SSSR count). The Bertz CT molecular complexity index is 317. The maximum absolute atomic E-state index is 12.1. The van der Waals surface area contributed by atoms with E-state index < -0.39 is 0 Å². The summed E-state index contributed by atoms with van der Waals surface area (Å²) in [7, 11) is 0. The third-order valence-electron chi connectivity index (χ3n) is 4.63. The van der Waals surface area contributed by atoms with E-state index in [-0.39, 0.29) is 24.4 Å². The lowest BCUT2D eigenvalue weighted by molar-refractivity contribution is -0.135. The summed E-state index contributed by atoms with van der Waals surface area (Å²) >= 11 is 0. The molecule has 0 radical (unpaired) electrons. The first-order chi connectivity index (χ1) is 10.2. The Kier molecular flexibility index (Phi) is 9.33. The number of piperidine rings is 1. The summed E-state index contributed by atoms with van der Waals surface area (Å²) < 4.78 is 5.97. The molecular formula is C16H32ClN3O2. The van der Waals surface area contributed by atoms with Gasteiger partial charge in [-0.3, -0.25) is 4.79 Å². The van der Waals surface area contributed by atoms with Crippen molar-refractivity contribution < 1.29 is 9.53 Å². The molecule has 0 aliphatic carbocycles. The van der Waals surface area contributed by atoms with E-state index in [2.05, 4.69) is 11.8 Å². The fraction of sp³-hybridized carbons (Fsp3) is 0.938. The molecule has 0 aromatic heterocycles. The average Bonchev–Trinajstić information content (AvgIpc) is 3.01. The number of carbonyl (C=O) groups is 1. The number of halogens is 1. The molecule has 6 heteroatoms. The van der Waals surface area contributed by atoms with E-state index in [1.54, 1.807) is 0 Å². The molecule has 22 heavy (non-hydrogen) atoms. The van der Waals surface area contributed by atoms with Crippen LogP contribution in [0.4, 0.5) is 0 Å².